The summed E-state index contributed by atoms with van der Waals surface area (Å²) < 4.78 is 10.8. The second-order valence-electron chi connectivity index (χ2n) is 6.44. The lowest BCUT2D eigenvalue weighted by Crippen LogP contribution is -2.25. The van der Waals surface area contributed by atoms with Crippen LogP contribution in [0.1, 0.15) is 0 Å². The van der Waals surface area contributed by atoms with E-state index < -0.39 is 7.05 Å². The lowest BCUT2D eigenvalue weighted by molar-refractivity contribution is 0.415. The number of nitrogens with zero attached hydrogens (tertiary/aromatic N) is 1. The maximum atomic E-state index is 5.43. The molecule has 0 amide bonds. The molecule has 0 fully saturated rings. The maximum absolute atomic E-state index is 5.43. The standard InChI is InChI=1S/C25H22NOP/c1-27-22-19-17-21(18-20-22)26-28(23-11-5-2-6-12-23,24-13-7-3-8-14-24)25-15-9-4-10-16-25/h2-20H,1H3. The predicted molar refractivity (Wildman–Crippen MR) is 120 cm³/mol. The Morgan fingerprint density at radius 2 is 0.929 bits per heavy atom. The first-order valence-corrected chi connectivity index (χ1v) is 11.0. The Balaban J connectivity index is 2.07. The fourth-order valence-corrected chi connectivity index (χ4v) is 6.91. The Hall–Kier alpha value is -3.09. The van der Waals surface area contributed by atoms with Crippen LogP contribution in [0.3, 0.4) is 0 Å². The van der Waals surface area contributed by atoms with Crippen molar-refractivity contribution in [2.75, 3.05) is 7.11 Å². The smallest absolute Gasteiger partial charge is 0.119 e. The second kappa shape index (κ2) is 8.29. The van der Waals surface area contributed by atoms with Crippen molar-refractivity contribution in [3.8, 4) is 5.75 Å². The van der Waals surface area contributed by atoms with E-state index in [0.29, 0.717) is 0 Å². The summed E-state index contributed by atoms with van der Waals surface area (Å²) >= 11 is 0. The number of ether oxygens (including phenoxy) is 1. The van der Waals surface area contributed by atoms with Crippen molar-refractivity contribution in [3.63, 3.8) is 0 Å². The van der Waals surface area contributed by atoms with Crippen LogP contribution in [0.25, 0.3) is 0 Å². The van der Waals surface area contributed by atoms with Crippen LogP contribution in [0.15, 0.2) is 120 Å². The molecule has 0 N–H and O–H groups in total. The molecule has 0 bridgehead atoms. The van der Waals surface area contributed by atoms with Gasteiger partial charge in [-0.25, -0.2) is 0 Å². The highest BCUT2D eigenvalue weighted by Gasteiger charge is 2.27. The van der Waals surface area contributed by atoms with Crippen LogP contribution in [0.4, 0.5) is 5.69 Å². The monoisotopic (exact) mass is 383 g/mol. The van der Waals surface area contributed by atoms with Crippen molar-refractivity contribution in [1.82, 2.24) is 0 Å². The fraction of sp³-hybridized carbons (Fsp3) is 0.0400. The van der Waals surface area contributed by atoms with Gasteiger partial charge in [0.2, 0.25) is 0 Å². The summed E-state index contributed by atoms with van der Waals surface area (Å²) in [4.78, 5) is 0. The van der Waals surface area contributed by atoms with Crippen LogP contribution >= 0.6 is 7.05 Å². The summed E-state index contributed by atoms with van der Waals surface area (Å²) in [5.41, 5.74) is 0.950. The lowest BCUT2D eigenvalue weighted by Gasteiger charge is -2.27. The van der Waals surface area contributed by atoms with Gasteiger partial charge in [-0.1, -0.05) is 91.0 Å². The van der Waals surface area contributed by atoms with Crippen LogP contribution in [0.5, 0.6) is 5.75 Å². The summed E-state index contributed by atoms with van der Waals surface area (Å²) in [6, 6.07) is 39.9. The van der Waals surface area contributed by atoms with E-state index in [1.54, 1.807) is 7.11 Å². The third kappa shape index (κ3) is 3.52. The molecule has 0 saturated heterocycles. The van der Waals surface area contributed by atoms with Crippen molar-refractivity contribution in [2.24, 2.45) is 4.74 Å². The van der Waals surface area contributed by atoms with E-state index in [-0.39, 0.29) is 0 Å². The molecule has 0 heterocycles. The molecular formula is C25H22NOP. The van der Waals surface area contributed by atoms with Gasteiger partial charge in [-0.15, -0.1) is 0 Å². The SMILES string of the molecule is COc1ccc(N=P(c2ccccc2)(c2ccccc2)c2ccccc2)cc1. The summed E-state index contributed by atoms with van der Waals surface area (Å²) in [6.07, 6.45) is 0. The molecule has 28 heavy (non-hydrogen) atoms. The molecule has 2 nitrogen and oxygen atoms in total. The van der Waals surface area contributed by atoms with E-state index >= 15 is 0 Å². The Bertz CT molecular complexity index is 972. The minimum atomic E-state index is -2.21. The molecule has 0 aliphatic rings. The van der Waals surface area contributed by atoms with Crippen LogP contribution in [0, 0.1) is 0 Å². The van der Waals surface area contributed by atoms with Gasteiger partial charge in [0.1, 0.15) is 5.75 Å². The lowest BCUT2D eigenvalue weighted by atomic mass is 10.3. The zero-order valence-electron chi connectivity index (χ0n) is 15.8. The summed E-state index contributed by atoms with van der Waals surface area (Å²) in [5.74, 6) is 0.835. The normalized spacial score (nSPS) is 11.0. The first-order chi connectivity index (χ1) is 13.8. The van der Waals surface area contributed by atoms with Crippen LogP contribution in [-0.4, -0.2) is 7.11 Å². The van der Waals surface area contributed by atoms with E-state index in [1.165, 1.54) is 15.9 Å². The number of rotatable bonds is 5. The third-order valence-electron chi connectivity index (χ3n) is 4.73. The van der Waals surface area contributed by atoms with Crippen molar-refractivity contribution in [3.05, 3.63) is 115 Å². The van der Waals surface area contributed by atoms with Crippen molar-refractivity contribution in [2.45, 2.75) is 0 Å². The first-order valence-electron chi connectivity index (χ1n) is 9.26. The first kappa shape index (κ1) is 18.3. The zero-order valence-corrected chi connectivity index (χ0v) is 16.7. The molecule has 0 spiro atoms. The Morgan fingerprint density at radius 3 is 1.29 bits per heavy atom. The van der Waals surface area contributed by atoms with Gasteiger partial charge in [-0.05, 0) is 24.3 Å². The molecule has 0 aliphatic heterocycles. The number of hydrogen-bond donors (Lipinski definition) is 0. The quantitative estimate of drug-likeness (QED) is 0.417. The Kier molecular flexibility index (Phi) is 5.41. The van der Waals surface area contributed by atoms with E-state index in [2.05, 4.69) is 91.0 Å². The highest BCUT2D eigenvalue weighted by atomic mass is 31.2. The molecule has 0 aromatic heterocycles. The molecule has 3 heteroatoms. The van der Waals surface area contributed by atoms with Crippen molar-refractivity contribution in [1.29, 1.82) is 0 Å². The molecule has 4 aromatic rings. The Labute approximate surface area is 166 Å². The predicted octanol–water partition coefficient (Wildman–Crippen LogP) is 5.50. The topological polar surface area (TPSA) is 21.6 Å². The van der Waals surface area contributed by atoms with E-state index in [1.807, 2.05) is 24.3 Å². The average Bonchev–Trinajstić information content (AvgIpc) is 2.80. The van der Waals surface area contributed by atoms with Crippen LogP contribution in [-0.2, 0) is 0 Å². The van der Waals surface area contributed by atoms with Gasteiger partial charge in [0.05, 0.1) is 19.9 Å². The number of hydrogen-bond acceptors (Lipinski definition) is 2. The minimum Gasteiger partial charge on any atom is -0.497 e. The number of methoxy groups -OCH3 is 1. The van der Waals surface area contributed by atoms with Gasteiger partial charge in [-0.3, -0.25) is 4.74 Å². The molecule has 138 valence electrons. The summed E-state index contributed by atoms with van der Waals surface area (Å²) in [6.45, 7) is 0. The van der Waals surface area contributed by atoms with Crippen LogP contribution < -0.4 is 20.7 Å². The van der Waals surface area contributed by atoms with Gasteiger partial charge < -0.3 is 4.74 Å². The minimum absolute atomic E-state index is 0.835. The highest BCUT2D eigenvalue weighted by molar-refractivity contribution is 7.87. The summed E-state index contributed by atoms with van der Waals surface area (Å²) in [7, 11) is -0.533. The van der Waals surface area contributed by atoms with Gasteiger partial charge >= 0.3 is 0 Å². The third-order valence-corrected chi connectivity index (χ3v) is 8.39. The molecule has 4 aromatic carbocycles. The summed E-state index contributed by atoms with van der Waals surface area (Å²) in [5, 5.41) is 3.72. The molecule has 0 saturated carbocycles. The van der Waals surface area contributed by atoms with Crippen LogP contribution in [0.2, 0.25) is 0 Å². The largest absolute Gasteiger partial charge is 0.497 e. The fourth-order valence-electron chi connectivity index (χ4n) is 3.37. The van der Waals surface area contributed by atoms with Gasteiger partial charge in [-0.2, -0.15) is 0 Å². The average molecular weight is 383 g/mol. The van der Waals surface area contributed by atoms with E-state index in [0.717, 1.165) is 11.4 Å². The van der Waals surface area contributed by atoms with Gasteiger partial charge in [0.25, 0.3) is 0 Å². The second-order valence-corrected chi connectivity index (χ2v) is 9.46. The maximum Gasteiger partial charge on any atom is 0.119 e. The Morgan fingerprint density at radius 1 is 0.536 bits per heavy atom. The van der Waals surface area contributed by atoms with Crippen molar-refractivity contribution < 1.29 is 4.74 Å². The van der Waals surface area contributed by atoms with Gasteiger partial charge in [0.15, 0.2) is 0 Å². The molecule has 0 atom stereocenters. The van der Waals surface area contributed by atoms with E-state index in [4.69, 9.17) is 9.48 Å². The number of benzene rings is 4. The highest BCUT2D eigenvalue weighted by Crippen LogP contribution is 2.49. The molecule has 4 rings (SSSR count). The zero-order chi connectivity index (χ0) is 19.2. The molecule has 0 radical (unpaired) electrons. The van der Waals surface area contributed by atoms with E-state index in [9.17, 15) is 0 Å². The van der Waals surface area contributed by atoms with Gasteiger partial charge in [0, 0.05) is 15.9 Å². The molecular weight excluding hydrogens is 361 g/mol. The molecule has 0 aliphatic carbocycles. The van der Waals surface area contributed by atoms with Crippen molar-refractivity contribution >= 4 is 28.7 Å². The molecule has 0 unspecified atom stereocenters.